The third-order valence-electron chi connectivity index (χ3n) is 3.36. The van der Waals surface area contributed by atoms with Crippen LogP contribution in [0.3, 0.4) is 0 Å². The lowest BCUT2D eigenvalue weighted by atomic mass is 10.1. The molecule has 0 aliphatic heterocycles. The second kappa shape index (κ2) is 7.65. The molecule has 3 aromatic rings. The zero-order valence-corrected chi connectivity index (χ0v) is 14.7. The maximum absolute atomic E-state index is 6.14. The van der Waals surface area contributed by atoms with Gasteiger partial charge in [-0.2, -0.15) is 0 Å². The fourth-order valence-corrected chi connectivity index (χ4v) is 3.14. The number of rotatable bonds is 6. The third kappa shape index (κ3) is 4.05. The highest BCUT2D eigenvalue weighted by molar-refractivity contribution is 7.15. The number of thiazole rings is 1. The molecule has 124 valence electrons. The second-order valence-corrected chi connectivity index (χ2v) is 6.84. The minimum atomic E-state index is 0.104. The molecule has 3 aromatic heterocycles. The number of pyridine rings is 1. The molecule has 0 aliphatic rings. The Labute approximate surface area is 149 Å². The van der Waals surface area contributed by atoms with Gasteiger partial charge in [-0.15, -0.1) is 11.3 Å². The van der Waals surface area contributed by atoms with E-state index in [4.69, 9.17) is 17.3 Å². The first-order valence-electron chi connectivity index (χ1n) is 7.49. The van der Waals surface area contributed by atoms with Gasteiger partial charge < -0.3 is 11.1 Å². The molecule has 6 nitrogen and oxygen atoms in total. The Hall–Kier alpha value is -2.09. The zero-order chi connectivity index (χ0) is 16.9. The fourth-order valence-electron chi connectivity index (χ4n) is 2.18. The Bertz CT molecular complexity index is 804. The molecule has 24 heavy (non-hydrogen) atoms. The molecule has 0 amide bonds. The topological polar surface area (TPSA) is 89.6 Å². The lowest BCUT2D eigenvalue weighted by Crippen LogP contribution is -2.20. The van der Waals surface area contributed by atoms with Crippen LogP contribution in [-0.4, -0.2) is 26.0 Å². The molecule has 1 atom stereocenters. The number of anilines is 1. The van der Waals surface area contributed by atoms with Crippen LogP contribution in [0.4, 0.5) is 5.95 Å². The minimum absolute atomic E-state index is 0.104. The highest BCUT2D eigenvalue weighted by Gasteiger charge is 2.10. The summed E-state index contributed by atoms with van der Waals surface area (Å²) in [6.45, 7) is 2.53. The van der Waals surface area contributed by atoms with Gasteiger partial charge in [-0.3, -0.25) is 4.98 Å². The SMILES string of the molecule is CC(Cc1ncccc1Cl)Nc1ncc(-c2ncc(CN)s2)cn1. The summed E-state index contributed by atoms with van der Waals surface area (Å²) in [6.07, 6.45) is 7.73. The Morgan fingerprint density at radius 3 is 2.67 bits per heavy atom. The zero-order valence-electron chi connectivity index (χ0n) is 13.1. The third-order valence-corrected chi connectivity index (χ3v) is 4.78. The molecule has 0 saturated carbocycles. The monoisotopic (exact) mass is 360 g/mol. The summed E-state index contributed by atoms with van der Waals surface area (Å²) < 4.78 is 0. The normalized spacial score (nSPS) is 12.1. The van der Waals surface area contributed by atoms with E-state index in [0.29, 0.717) is 23.9 Å². The molecule has 3 rings (SSSR count). The van der Waals surface area contributed by atoms with E-state index in [2.05, 4.69) is 25.3 Å². The molecule has 0 spiro atoms. The first-order chi connectivity index (χ1) is 11.7. The molecule has 3 N–H and O–H groups in total. The first kappa shape index (κ1) is 16.8. The minimum Gasteiger partial charge on any atom is -0.351 e. The van der Waals surface area contributed by atoms with E-state index < -0.39 is 0 Å². The number of hydrogen-bond donors (Lipinski definition) is 2. The molecular formula is C16H17ClN6S. The van der Waals surface area contributed by atoms with Crippen molar-refractivity contribution in [2.75, 3.05) is 5.32 Å². The van der Waals surface area contributed by atoms with Gasteiger partial charge in [-0.05, 0) is 19.1 Å². The van der Waals surface area contributed by atoms with Gasteiger partial charge in [0.1, 0.15) is 5.01 Å². The maximum atomic E-state index is 6.14. The molecule has 0 saturated heterocycles. The number of nitrogens with zero attached hydrogens (tertiary/aromatic N) is 4. The van der Waals surface area contributed by atoms with Gasteiger partial charge in [-0.1, -0.05) is 11.6 Å². The van der Waals surface area contributed by atoms with Gasteiger partial charge in [-0.25, -0.2) is 15.0 Å². The number of hydrogen-bond acceptors (Lipinski definition) is 7. The van der Waals surface area contributed by atoms with Crippen molar-refractivity contribution < 1.29 is 0 Å². The molecule has 1 unspecified atom stereocenters. The summed E-state index contributed by atoms with van der Waals surface area (Å²) in [5, 5.41) is 4.79. The maximum Gasteiger partial charge on any atom is 0.222 e. The highest BCUT2D eigenvalue weighted by atomic mass is 35.5. The smallest absolute Gasteiger partial charge is 0.222 e. The van der Waals surface area contributed by atoms with Crippen LogP contribution in [0.2, 0.25) is 5.02 Å². The van der Waals surface area contributed by atoms with Crippen LogP contribution in [-0.2, 0) is 13.0 Å². The van der Waals surface area contributed by atoms with Gasteiger partial charge in [0.05, 0.1) is 10.7 Å². The van der Waals surface area contributed by atoms with E-state index in [9.17, 15) is 0 Å². The van der Waals surface area contributed by atoms with Gasteiger partial charge in [0.15, 0.2) is 0 Å². The highest BCUT2D eigenvalue weighted by Crippen LogP contribution is 2.24. The van der Waals surface area contributed by atoms with Crippen molar-refractivity contribution in [3.63, 3.8) is 0 Å². The van der Waals surface area contributed by atoms with E-state index in [1.54, 1.807) is 36.1 Å². The Balaban J connectivity index is 1.64. The average Bonchev–Trinajstić information content (AvgIpc) is 3.07. The van der Waals surface area contributed by atoms with Crippen LogP contribution in [0.25, 0.3) is 10.6 Å². The molecule has 0 aromatic carbocycles. The van der Waals surface area contributed by atoms with Crippen LogP contribution >= 0.6 is 22.9 Å². The van der Waals surface area contributed by atoms with Crippen molar-refractivity contribution in [2.45, 2.75) is 25.9 Å². The van der Waals surface area contributed by atoms with Crippen LogP contribution < -0.4 is 11.1 Å². The Morgan fingerprint density at radius 2 is 2.00 bits per heavy atom. The van der Waals surface area contributed by atoms with E-state index in [-0.39, 0.29) is 6.04 Å². The largest absolute Gasteiger partial charge is 0.351 e. The van der Waals surface area contributed by atoms with Crippen LogP contribution in [0.15, 0.2) is 36.9 Å². The molecule has 0 bridgehead atoms. The molecule has 3 heterocycles. The summed E-state index contributed by atoms with van der Waals surface area (Å²) >= 11 is 7.69. The number of aromatic nitrogens is 4. The fraction of sp³-hybridized carbons (Fsp3) is 0.250. The van der Waals surface area contributed by atoms with Crippen molar-refractivity contribution in [1.82, 2.24) is 19.9 Å². The average molecular weight is 361 g/mol. The lowest BCUT2D eigenvalue weighted by molar-refractivity contribution is 0.759. The van der Waals surface area contributed by atoms with Crippen molar-refractivity contribution >= 4 is 28.9 Å². The van der Waals surface area contributed by atoms with E-state index in [1.807, 2.05) is 19.1 Å². The lowest BCUT2D eigenvalue weighted by Gasteiger charge is -2.14. The van der Waals surface area contributed by atoms with Gasteiger partial charge >= 0.3 is 0 Å². The van der Waals surface area contributed by atoms with Crippen LogP contribution in [0.5, 0.6) is 0 Å². The summed E-state index contributed by atoms with van der Waals surface area (Å²) in [7, 11) is 0. The molecule has 8 heteroatoms. The molecule has 0 fully saturated rings. The second-order valence-electron chi connectivity index (χ2n) is 5.31. The molecular weight excluding hydrogens is 344 g/mol. The van der Waals surface area contributed by atoms with Gasteiger partial charge in [0, 0.05) is 54.2 Å². The van der Waals surface area contributed by atoms with Gasteiger partial charge in [0.2, 0.25) is 5.95 Å². The summed E-state index contributed by atoms with van der Waals surface area (Å²) in [5.74, 6) is 0.564. The molecule has 0 radical (unpaired) electrons. The summed E-state index contributed by atoms with van der Waals surface area (Å²) in [6, 6.07) is 3.76. The van der Waals surface area contributed by atoms with Crippen LogP contribution in [0, 0.1) is 0 Å². The number of halogens is 1. The van der Waals surface area contributed by atoms with E-state index in [1.165, 1.54) is 0 Å². The number of nitrogens with two attached hydrogens (primary N) is 1. The van der Waals surface area contributed by atoms with E-state index >= 15 is 0 Å². The predicted octanol–water partition coefficient (Wildman–Crippen LogP) is 3.15. The number of nitrogens with one attached hydrogen (secondary N) is 1. The van der Waals surface area contributed by atoms with Gasteiger partial charge in [0.25, 0.3) is 0 Å². The summed E-state index contributed by atoms with van der Waals surface area (Å²) in [4.78, 5) is 18.4. The van der Waals surface area contributed by atoms with Crippen LogP contribution in [0.1, 0.15) is 17.5 Å². The summed E-state index contributed by atoms with van der Waals surface area (Å²) in [5.41, 5.74) is 7.34. The first-order valence-corrected chi connectivity index (χ1v) is 8.68. The predicted molar refractivity (Wildman–Crippen MR) is 97.1 cm³/mol. The van der Waals surface area contributed by atoms with Crippen molar-refractivity contribution in [1.29, 1.82) is 0 Å². The Morgan fingerprint density at radius 1 is 1.21 bits per heavy atom. The molecule has 0 aliphatic carbocycles. The van der Waals surface area contributed by atoms with Crippen molar-refractivity contribution in [2.24, 2.45) is 5.73 Å². The van der Waals surface area contributed by atoms with Crippen molar-refractivity contribution in [3.05, 3.63) is 52.5 Å². The van der Waals surface area contributed by atoms with E-state index in [0.717, 1.165) is 21.1 Å². The Kier molecular flexibility index (Phi) is 5.34. The quantitative estimate of drug-likeness (QED) is 0.701. The van der Waals surface area contributed by atoms with Crippen molar-refractivity contribution in [3.8, 4) is 10.6 Å². The standard InChI is InChI=1S/C16H17ClN6S/c1-10(5-14-13(17)3-2-4-19-14)23-16-21-7-11(8-22-16)15-20-9-12(6-18)24-15/h2-4,7-10H,5-6,18H2,1H3,(H,21,22,23).